The van der Waals surface area contributed by atoms with Gasteiger partial charge in [-0.2, -0.15) is 0 Å². The van der Waals surface area contributed by atoms with Gasteiger partial charge in [0.15, 0.2) is 0 Å². The molecule has 0 aliphatic rings. The number of primary amides is 1. The zero-order chi connectivity index (χ0) is 20.0. The largest absolute Gasteiger partial charge is 0.462 e. The van der Waals surface area contributed by atoms with Gasteiger partial charge in [0.2, 0.25) is 5.91 Å². The fourth-order valence-electron chi connectivity index (χ4n) is 2.38. The van der Waals surface area contributed by atoms with Gasteiger partial charge in [-0.05, 0) is 37.1 Å². The van der Waals surface area contributed by atoms with Gasteiger partial charge in [0.1, 0.15) is 10.8 Å². The molecule has 4 N–H and O–H groups in total. The molecule has 0 radical (unpaired) electrons. The van der Waals surface area contributed by atoms with E-state index < -0.39 is 17.8 Å². The molecule has 0 saturated heterocycles. The molecule has 0 saturated carbocycles. The van der Waals surface area contributed by atoms with E-state index >= 15 is 0 Å². The molecule has 0 atom stereocenters. The molecule has 0 unspecified atom stereocenters. The highest BCUT2D eigenvalue weighted by Gasteiger charge is 2.25. The Bertz CT molecular complexity index is 849. The average Bonchev–Trinajstić information content (AvgIpc) is 2.93. The highest BCUT2D eigenvalue weighted by atomic mass is 32.1. The summed E-state index contributed by atoms with van der Waals surface area (Å²) in [5, 5.41) is 5.75. The Morgan fingerprint density at radius 1 is 1.22 bits per heavy atom. The fraction of sp³-hybridized carbons (Fsp3) is 0.278. The molecule has 0 aliphatic heterocycles. The third-order valence-electron chi connectivity index (χ3n) is 3.63. The molecule has 27 heavy (non-hydrogen) atoms. The van der Waals surface area contributed by atoms with Crippen LogP contribution in [-0.4, -0.2) is 30.9 Å². The molecule has 2 aromatic rings. The lowest BCUT2D eigenvalue weighted by Gasteiger charge is -2.08. The number of anilines is 1. The van der Waals surface area contributed by atoms with Crippen molar-refractivity contribution in [3.05, 3.63) is 51.7 Å². The van der Waals surface area contributed by atoms with Crippen LogP contribution in [0.2, 0.25) is 0 Å². The van der Waals surface area contributed by atoms with Gasteiger partial charge in [0.25, 0.3) is 5.91 Å². The van der Waals surface area contributed by atoms with Crippen molar-refractivity contribution in [2.75, 3.05) is 18.5 Å². The summed E-state index contributed by atoms with van der Waals surface area (Å²) in [6, 6.07) is 5.90. The third kappa shape index (κ3) is 5.35. The topological polar surface area (TPSA) is 111 Å². The summed E-state index contributed by atoms with van der Waals surface area (Å²) in [5.41, 5.74) is 6.65. The predicted octanol–water partition coefficient (Wildman–Crippen LogP) is 2.20. The maximum absolute atomic E-state index is 12.9. The van der Waals surface area contributed by atoms with E-state index in [4.69, 9.17) is 10.5 Å². The van der Waals surface area contributed by atoms with E-state index in [0.717, 1.165) is 16.9 Å². The van der Waals surface area contributed by atoms with E-state index in [0.29, 0.717) is 12.1 Å². The van der Waals surface area contributed by atoms with Crippen LogP contribution in [0.25, 0.3) is 0 Å². The summed E-state index contributed by atoms with van der Waals surface area (Å²) < 4.78 is 17.9. The second-order valence-corrected chi connectivity index (χ2v) is 6.64. The number of nitrogens with two attached hydrogens (primary N) is 1. The molecule has 144 valence electrons. The van der Waals surface area contributed by atoms with Crippen molar-refractivity contribution in [1.29, 1.82) is 0 Å². The van der Waals surface area contributed by atoms with E-state index in [2.05, 4.69) is 10.6 Å². The molecule has 0 bridgehead atoms. The highest BCUT2D eigenvalue weighted by Crippen LogP contribution is 2.33. The summed E-state index contributed by atoms with van der Waals surface area (Å²) in [4.78, 5) is 36.1. The monoisotopic (exact) mass is 393 g/mol. The van der Waals surface area contributed by atoms with Gasteiger partial charge >= 0.3 is 5.97 Å². The second-order valence-electron chi connectivity index (χ2n) is 5.62. The van der Waals surface area contributed by atoms with Crippen molar-refractivity contribution in [2.45, 2.75) is 20.4 Å². The molecule has 0 aliphatic carbocycles. The molecule has 2 rings (SSSR count). The maximum Gasteiger partial charge on any atom is 0.341 e. The molecule has 0 fully saturated rings. The number of hydrogen-bond acceptors (Lipinski definition) is 6. The van der Waals surface area contributed by atoms with Crippen molar-refractivity contribution < 1.29 is 23.5 Å². The maximum atomic E-state index is 12.9. The first-order valence-corrected chi connectivity index (χ1v) is 9.00. The SMILES string of the molecule is CCOC(=O)c1c(NC(=O)CNCc2ccc(F)cc2)sc(C(N)=O)c1C. The number of amides is 2. The number of carbonyl (C=O) groups is 3. The first-order chi connectivity index (χ1) is 12.8. The molecule has 1 aromatic carbocycles. The number of benzene rings is 1. The first-order valence-electron chi connectivity index (χ1n) is 8.18. The Hall–Kier alpha value is -2.78. The summed E-state index contributed by atoms with van der Waals surface area (Å²) in [6.45, 7) is 3.72. The van der Waals surface area contributed by atoms with E-state index in [9.17, 15) is 18.8 Å². The Kier molecular flexibility index (Phi) is 7.03. The third-order valence-corrected chi connectivity index (χ3v) is 4.85. The molecule has 7 nitrogen and oxygen atoms in total. The van der Waals surface area contributed by atoms with Crippen molar-refractivity contribution in [3.63, 3.8) is 0 Å². The number of carbonyl (C=O) groups excluding carboxylic acids is 3. The van der Waals surface area contributed by atoms with E-state index in [1.165, 1.54) is 12.1 Å². The van der Waals surface area contributed by atoms with Gasteiger partial charge in [-0.15, -0.1) is 11.3 Å². The van der Waals surface area contributed by atoms with Gasteiger partial charge < -0.3 is 21.1 Å². The van der Waals surface area contributed by atoms with Crippen molar-refractivity contribution in [3.8, 4) is 0 Å². The Balaban J connectivity index is 2.05. The lowest BCUT2D eigenvalue weighted by molar-refractivity contribution is -0.115. The minimum Gasteiger partial charge on any atom is -0.462 e. The number of thiophene rings is 1. The van der Waals surface area contributed by atoms with Gasteiger partial charge in [0, 0.05) is 6.54 Å². The van der Waals surface area contributed by atoms with Crippen molar-refractivity contribution in [1.82, 2.24) is 5.32 Å². The number of nitrogens with one attached hydrogen (secondary N) is 2. The number of hydrogen-bond donors (Lipinski definition) is 3. The van der Waals surface area contributed by atoms with Crippen LogP contribution in [0.5, 0.6) is 0 Å². The smallest absolute Gasteiger partial charge is 0.341 e. The molecule has 1 aromatic heterocycles. The molecule has 9 heteroatoms. The van der Waals surface area contributed by atoms with E-state index in [1.807, 2.05) is 0 Å². The minimum absolute atomic E-state index is 0.0392. The average molecular weight is 393 g/mol. The van der Waals surface area contributed by atoms with Gasteiger partial charge in [-0.25, -0.2) is 9.18 Å². The normalized spacial score (nSPS) is 10.5. The van der Waals surface area contributed by atoms with Gasteiger partial charge in [-0.1, -0.05) is 12.1 Å². The number of halogens is 1. The summed E-state index contributed by atoms with van der Waals surface area (Å²) in [7, 11) is 0. The van der Waals surface area contributed by atoms with Gasteiger partial charge in [-0.3, -0.25) is 9.59 Å². The van der Waals surface area contributed by atoms with Crippen LogP contribution in [0.15, 0.2) is 24.3 Å². The van der Waals surface area contributed by atoms with Crippen LogP contribution >= 0.6 is 11.3 Å². The second kappa shape index (κ2) is 9.24. The Labute approximate surface area is 159 Å². The van der Waals surface area contributed by atoms with Crippen LogP contribution in [0.3, 0.4) is 0 Å². The lowest BCUT2D eigenvalue weighted by Crippen LogP contribution is -2.28. The van der Waals surface area contributed by atoms with Crippen LogP contribution < -0.4 is 16.4 Å². The Morgan fingerprint density at radius 3 is 2.48 bits per heavy atom. The Morgan fingerprint density at radius 2 is 1.89 bits per heavy atom. The quantitative estimate of drug-likeness (QED) is 0.596. The fourth-order valence-corrected chi connectivity index (χ4v) is 3.44. The standard InChI is InChI=1S/C18H20FN3O4S/c1-3-26-18(25)14-10(2)15(16(20)24)27-17(14)22-13(23)9-21-8-11-4-6-12(19)7-5-11/h4-7,21H,3,8-9H2,1-2H3,(H2,20,24)(H,22,23). The highest BCUT2D eigenvalue weighted by molar-refractivity contribution is 7.18. The molecular weight excluding hydrogens is 373 g/mol. The van der Waals surface area contributed by atoms with Crippen LogP contribution in [0, 0.1) is 12.7 Å². The molecule has 2 amide bonds. The van der Waals surface area contributed by atoms with Crippen LogP contribution in [0.1, 0.15) is 38.1 Å². The zero-order valence-electron chi connectivity index (χ0n) is 14.9. The first kappa shape index (κ1) is 20.5. The van der Waals surface area contributed by atoms with Gasteiger partial charge in [0.05, 0.1) is 23.6 Å². The predicted molar refractivity (Wildman–Crippen MR) is 100 cm³/mol. The zero-order valence-corrected chi connectivity index (χ0v) is 15.7. The summed E-state index contributed by atoms with van der Waals surface area (Å²) in [6.07, 6.45) is 0. The van der Waals surface area contributed by atoms with E-state index in [1.54, 1.807) is 26.0 Å². The minimum atomic E-state index is -0.682. The van der Waals surface area contributed by atoms with Crippen LogP contribution in [-0.2, 0) is 16.1 Å². The number of ether oxygens (including phenoxy) is 1. The number of esters is 1. The molecule has 0 spiro atoms. The van der Waals surface area contributed by atoms with E-state index in [-0.39, 0.29) is 34.4 Å². The number of rotatable bonds is 8. The van der Waals surface area contributed by atoms with Crippen molar-refractivity contribution in [2.24, 2.45) is 5.73 Å². The summed E-state index contributed by atoms with van der Waals surface area (Å²) in [5.74, 6) is -2.05. The lowest BCUT2D eigenvalue weighted by atomic mass is 10.1. The summed E-state index contributed by atoms with van der Waals surface area (Å²) >= 11 is 0.931. The van der Waals surface area contributed by atoms with Crippen LogP contribution in [0.4, 0.5) is 9.39 Å². The molecule has 1 heterocycles. The molecular formula is C18H20FN3O4S. The van der Waals surface area contributed by atoms with Crippen molar-refractivity contribution >= 4 is 34.1 Å².